The zero-order valence-electron chi connectivity index (χ0n) is 11.3. The lowest BCUT2D eigenvalue weighted by atomic mass is 10.0. The van der Waals surface area contributed by atoms with Crippen molar-refractivity contribution < 1.29 is 29.0 Å². The van der Waals surface area contributed by atoms with E-state index in [1.807, 2.05) is 6.92 Å². The molecular weight excluding hydrogens is 268 g/mol. The first-order valence-electron chi connectivity index (χ1n) is 6.21. The number of ether oxygens (including phenoxy) is 2. The number of esters is 2. The lowest BCUT2D eigenvalue weighted by Crippen LogP contribution is -2.43. The van der Waals surface area contributed by atoms with E-state index >= 15 is 0 Å². The third-order valence-electron chi connectivity index (χ3n) is 2.38. The molecule has 0 aromatic heterocycles. The van der Waals surface area contributed by atoms with Gasteiger partial charge in [-0.05, 0) is 12.8 Å². The third-order valence-corrected chi connectivity index (χ3v) is 2.38. The molecule has 1 heterocycles. The van der Waals surface area contributed by atoms with E-state index in [0.717, 1.165) is 6.08 Å². The third kappa shape index (κ3) is 3.19. The maximum atomic E-state index is 11.8. The summed E-state index contributed by atoms with van der Waals surface area (Å²) in [5.41, 5.74) is -2.61. The molecule has 8 nitrogen and oxygen atoms in total. The van der Waals surface area contributed by atoms with Crippen molar-refractivity contribution in [1.29, 1.82) is 0 Å². The molecule has 0 saturated heterocycles. The maximum Gasteiger partial charge on any atom is 0.358 e. The largest absolute Gasteiger partial charge is 0.479 e. The quantitative estimate of drug-likeness (QED) is 0.552. The van der Waals surface area contributed by atoms with Crippen LogP contribution in [0.4, 0.5) is 0 Å². The molecule has 0 bridgehead atoms. The first-order valence-corrected chi connectivity index (χ1v) is 6.21. The highest BCUT2D eigenvalue weighted by Gasteiger charge is 2.51. The molecule has 0 amide bonds. The van der Waals surface area contributed by atoms with E-state index in [1.54, 1.807) is 6.92 Å². The number of rotatable bonds is 7. The number of carbonyl (C=O) groups excluding carboxylic acids is 2. The van der Waals surface area contributed by atoms with Gasteiger partial charge in [-0.3, -0.25) is 0 Å². The van der Waals surface area contributed by atoms with Gasteiger partial charge in [0.25, 0.3) is 5.54 Å². The normalized spacial score (nSPS) is 20.4. The van der Waals surface area contributed by atoms with Crippen LogP contribution in [0.5, 0.6) is 0 Å². The fourth-order valence-electron chi connectivity index (χ4n) is 1.35. The molecule has 0 radical (unpaired) electrons. The highest BCUT2D eigenvalue weighted by atomic mass is 16.5. The Kier molecular flexibility index (Phi) is 5.36. The monoisotopic (exact) mass is 284 g/mol. The summed E-state index contributed by atoms with van der Waals surface area (Å²) >= 11 is 0. The Hall–Kier alpha value is -2.25. The number of carboxylic acid groups (broad SMARTS) is 1. The van der Waals surface area contributed by atoms with Crippen LogP contribution in [0.3, 0.4) is 0 Å². The number of carbonyl (C=O) groups is 3. The maximum absolute atomic E-state index is 11.8. The van der Waals surface area contributed by atoms with Gasteiger partial charge in [-0.2, -0.15) is 5.11 Å². The van der Waals surface area contributed by atoms with Crippen molar-refractivity contribution in [2.45, 2.75) is 32.2 Å². The van der Waals surface area contributed by atoms with Crippen molar-refractivity contribution >= 4 is 17.9 Å². The van der Waals surface area contributed by atoms with E-state index in [9.17, 15) is 14.4 Å². The molecule has 110 valence electrons. The van der Waals surface area contributed by atoms with Gasteiger partial charge >= 0.3 is 17.9 Å². The van der Waals surface area contributed by atoms with Crippen molar-refractivity contribution in [3.05, 3.63) is 11.8 Å². The minimum atomic E-state index is -2.30. The van der Waals surface area contributed by atoms with Gasteiger partial charge in [-0.15, -0.1) is 5.11 Å². The van der Waals surface area contributed by atoms with E-state index in [2.05, 4.69) is 10.2 Å². The summed E-state index contributed by atoms with van der Waals surface area (Å²) in [5, 5.41) is 16.0. The van der Waals surface area contributed by atoms with Crippen molar-refractivity contribution in [2.24, 2.45) is 10.2 Å². The van der Waals surface area contributed by atoms with Crippen LogP contribution < -0.4 is 0 Å². The summed E-state index contributed by atoms with van der Waals surface area (Å²) in [7, 11) is 0. The Morgan fingerprint density at radius 2 is 1.80 bits per heavy atom. The fraction of sp³-hybridized carbons (Fsp3) is 0.583. The van der Waals surface area contributed by atoms with Crippen LogP contribution in [0.25, 0.3) is 0 Å². The molecule has 0 aromatic carbocycles. The Morgan fingerprint density at radius 1 is 1.20 bits per heavy atom. The van der Waals surface area contributed by atoms with Crippen LogP contribution in [-0.4, -0.2) is 41.8 Å². The Labute approximate surface area is 115 Å². The van der Waals surface area contributed by atoms with E-state index in [0.29, 0.717) is 12.8 Å². The van der Waals surface area contributed by atoms with E-state index in [4.69, 9.17) is 14.6 Å². The second kappa shape index (κ2) is 6.78. The first kappa shape index (κ1) is 15.8. The van der Waals surface area contributed by atoms with Gasteiger partial charge < -0.3 is 14.6 Å². The first-order chi connectivity index (χ1) is 9.47. The van der Waals surface area contributed by atoms with Crippen LogP contribution in [0, 0.1) is 0 Å². The van der Waals surface area contributed by atoms with Crippen LogP contribution in [-0.2, 0) is 23.9 Å². The number of carboxylic acids is 1. The standard InChI is InChI=1S/C12H16N2O6/c1-3-5-19-9(15)8-7-12(10(16)17,14-13-8)11(18)20-6-4-2/h7H,3-6H2,1-2H3,(H,16,17). The Balaban J connectivity index is 2.92. The van der Waals surface area contributed by atoms with Gasteiger partial charge in [-0.25, -0.2) is 14.4 Å². The zero-order chi connectivity index (χ0) is 15.2. The van der Waals surface area contributed by atoms with E-state index in [1.165, 1.54) is 0 Å². The molecule has 0 fully saturated rings. The van der Waals surface area contributed by atoms with E-state index in [-0.39, 0.29) is 18.9 Å². The van der Waals surface area contributed by atoms with Gasteiger partial charge in [0, 0.05) is 6.08 Å². The van der Waals surface area contributed by atoms with Crippen molar-refractivity contribution in [2.75, 3.05) is 13.2 Å². The average Bonchev–Trinajstić information content (AvgIpc) is 2.88. The number of hydrogen-bond donors (Lipinski definition) is 1. The highest BCUT2D eigenvalue weighted by molar-refractivity contribution is 6.09. The van der Waals surface area contributed by atoms with Gasteiger partial charge in [0.05, 0.1) is 13.2 Å². The predicted octanol–water partition coefficient (Wildman–Crippen LogP) is 1.07. The van der Waals surface area contributed by atoms with Crippen LogP contribution in [0.2, 0.25) is 0 Å². The zero-order valence-corrected chi connectivity index (χ0v) is 11.3. The minimum Gasteiger partial charge on any atom is -0.479 e. The number of azo groups is 1. The molecule has 1 aliphatic heterocycles. The lowest BCUT2D eigenvalue weighted by molar-refractivity contribution is -0.158. The molecule has 8 heteroatoms. The summed E-state index contributed by atoms with van der Waals surface area (Å²) < 4.78 is 9.58. The van der Waals surface area contributed by atoms with Gasteiger partial charge in [-0.1, -0.05) is 13.8 Å². The number of aliphatic carboxylic acids is 1. The topological polar surface area (TPSA) is 115 Å². The molecule has 1 atom stereocenters. The Morgan fingerprint density at radius 3 is 2.35 bits per heavy atom. The molecule has 0 saturated carbocycles. The van der Waals surface area contributed by atoms with Gasteiger partial charge in [0.2, 0.25) is 0 Å². The lowest BCUT2D eigenvalue weighted by Gasteiger charge is -2.15. The predicted molar refractivity (Wildman–Crippen MR) is 65.8 cm³/mol. The molecular formula is C12H16N2O6. The summed E-state index contributed by atoms with van der Waals surface area (Å²) in [6.45, 7) is 3.81. The van der Waals surface area contributed by atoms with Crippen LogP contribution in [0.1, 0.15) is 26.7 Å². The number of hydrogen-bond acceptors (Lipinski definition) is 7. The SMILES string of the molecule is CCCOC(=O)C1=CC(C(=O)O)(C(=O)OCCC)N=N1. The van der Waals surface area contributed by atoms with Gasteiger partial charge in [0.1, 0.15) is 0 Å². The van der Waals surface area contributed by atoms with Crippen molar-refractivity contribution in [3.63, 3.8) is 0 Å². The molecule has 1 N–H and O–H groups in total. The molecule has 1 rings (SSSR count). The summed E-state index contributed by atoms with van der Waals surface area (Å²) in [6.07, 6.45) is 2.00. The summed E-state index contributed by atoms with van der Waals surface area (Å²) in [6, 6.07) is 0. The van der Waals surface area contributed by atoms with Crippen LogP contribution >= 0.6 is 0 Å². The molecule has 1 unspecified atom stereocenters. The van der Waals surface area contributed by atoms with Crippen molar-refractivity contribution in [3.8, 4) is 0 Å². The highest BCUT2D eigenvalue weighted by Crippen LogP contribution is 2.27. The van der Waals surface area contributed by atoms with Crippen LogP contribution in [0.15, 0.2) is 22.0 Å². The Bertz CT molecular complexity index is 471. The molecule has 1 aliphatic rings. The molecule has 0 spiro atoms. The molecule has 0 aliphatic carbocycles. The molecule has 20 heavy (non-hydrogen) atoms. The van der Waals surface area contributed by atoms with Crippen molar-refractivity contribution in [1.82, 2.24) is 0 Å². The van der Waals surface area contributed by atoms with E-state index < -0.39 is 23.4 Å². The fourth-order valence-corrected chi connectivity index (χ4v) is 1.35. The summed E-state index contributed by atoms with van der Waals surface area (Å²) in [5.74, 6) is -3.45. The van der Waals surface area contributed by atoms with Gasteiger partial charge in [0.15, 0.2) is 5.70 Å². The summed E-state index contributed by atoms with van der Waals surface area (Å²) in [4.78, 5) is 34.6. The molecule has 0 aromatic rings. The average molecular weight is 284 g/mol. The second-order valence-electron chi connectivity index (χ2n) is 4.07. The smallest absolute Gasteiger partial charge is 0.358 e. The second-order valence-corrected chi connectivity index (χ2v) is 4.07. The minimum absolute atomic E-state index is 0.0623. The number of nitrogens with zero attached hydrogens (tertiary/aromatic N) is 2.